The Kier molecular flexibility index (Phi) is 17.6. The van der Waals surface area contributed by atoms with Gasteiger partial charge in [0.25, 0.3) is 0 Å². The lowest BCUT2D eigenvalue weighted by molar-refractivity contribution is -0.143. The van der Waals surface area contributed by atoms with Crippen LogP contribution in [-0.4, -0.2) is 105 Å². The highest BCUT2D eigenvalue weighted by molar-refractivity contribution is 5.95. The van der Waals surface area contributed by atoms with Crippen LogP contribution in [0.15, 0.2) is 24.3 Å². The van der Waals surface area contributed by atoms with Crippen molar-refractivity contribution in [2.45, 2.75) is 90.0 Å². The summed E-state index contributed by atoms with van der Waals surface area (Å²) in [5.74, 6) is -6.95. The molecule has 0 radical (unpaired) electrons. The lowest BCUT2D eigenvalue weighted by Crippen LogP contribution is -2.57. The number of hydrogen-bond acceptors (Lipinski definition) is 10. The van der Waals surface area contributed by atoms with Crippen molar-refractivity contribution in [1.29, 1.82) is 0 Å². The number of hydrogen-bond donors (Lipinski definition) is 10. The summed E-state index contributed by atoms with van der Waals surface area (Å²) in [7, 11) is 0. The molecule has 0 fully saturated rings. The van der Waals surface area contributed by atoms with Gasteiger partial charge in [-0.1, -0.05) is 39.8 Å². The van der Waals surface area contributed by atoms with Crippen molar-refractivity contribution in [2.75, 3.05) is 13.2 Å². The van der Waals surface area contributed by atoms with Crippen LogP contribution < -0.4 is 32.3 Å². The Morgan fingerprint density at radius 2 is 1.23 bits per heavy atom. The van der Waals surface area contributed by atoms with Crippen LogP contribution in [0.4, 0.5) is 0 Å². The molecule has 11 N–H and O–H groups in total. The van der Waals surface area contributed by atoms with E-state index in [0.717, 1.165) is 0 Å². The summed E-state index contributed by atoms with van der Waals surface area (Å²) in [6, 6.07) is -0.514. The maximum atomic E-state index is 13.2. The van der Waals surface area contributed by atoms with Gasteiger partial charge in [-0.15, -0.1) is 0 Å². The molecule has 1 aromatic rings. The third-order valence-corrected chi connectivity index (χ3v) is 6.93. The molecule has 0 aromatic heterocycles. The minimum Gasteiger partial charge on any atom is -0.508 e. The summed E-state index contributed by atoms with van der Waals surface area (Å²) in [5, 5.41) is 49.3. The highest BCUT2D eigenvalue weighted by Gasteiger charge is 2.30. The largest absolute Gasteiger partial charge is 0.508 e. The van der Waals surface area contributed by atoms with Crippen molar-refractivity contribution in [3.63, 3.8) is 0 Å². The van der Waals surface area contributed by atoms with E-state index in [1.54, 1.807) is 39.8 Å². The summed E-state index contributed by atoms with van der Waals surface area (Å²) in [6.45, 7) is 5.51. The smallest absolute Gasteiger partial charge is 0.326 e. The van der Waals surface area contributed by atoms with Crippen LogP contribution in [-0.2, 0) is 40.0 Å². The van der Waals surface area contributed by atoms with Crippen LogP contribution in [0.3, 0.4) is 0 Å². The van der Waals surface area contributed by atoms with Crippen LogP contribution >= 0.6 is 0 Å². The summed E-state index contributed by atoms with van der Waals surface area (Å²) >= 11 is 0. The summed E-state index contributed by atoms with van der Waals surface area (Å²) in [6.07, 6.45) is -0.553. The number of nitrogens with two attached hydrogens (primary N) is 1. The number of carbonyl (C=O) groups excluding carboxylic acids is 5. The maximum Gasteiger partial charge on any atom is 0.326 e. The van der Waals surface area contributed by atoms with E-state index in [-0.39, 0.29) is 43.3 Å². The van der Waals surface area contributed by atoms with E-state index in [2.05, 4.69) is 26.6 Å². The fraction of sp³-hybridized carbons (Fsp3) is 0.581. The number of carboxylic acid groups (broad SMARTS) is 2. The molecule has 48 heavy (non-hydrogen) atoms. The van der Waals surface area contributed by atoms with Gasteiger partial charge < -0.3 is 52.7 Å². The zero-order valence-corrected chi connectivity index (χ0v) is 27.5. The molecular formula is C31H48N6O11. The molecule has 0 unspecified atom stereocenters. The van der Waals surface area contributed by atoms with Gasteiger partial charge in [0.05, 0.1) is 19.2 Å². The van der Waals surface area contributed by atoms with E-state index in [1.165, 1.54) is 12.1 Å². The van der Waals surface area contributed by atoms with Gasteiger partial charge in [-0.2, -0.15) is 0 Å². The number of carbonyl (C=O) groups is 7. The lowest BCUT2D eigenvalue weighted by atomic mass is 10.0. The highest BCUT2D eigenvalue weighted by Crippen LogP contribution is 2.12. The third-order valence-electron chi connectivity index (χ3n) is 6.93. The van der Waals surface area contributed by atoms with Crippen LogP contribution in [0.1, 0.15) is 58.9 Å². The number of phenols is 1. The number of rotatable bonds is 21. The molecule has 1 rings (SSSR count). The fourth-order valence-electron chi connectivity index (χ4n) is 4.46. The summed E-state index contributed by atoms with van der Waals surface area (Å²) in [5.41, 5.74) is 6.63. The van der Waals surface area contributed by atoms with Crippen molar-refractivity contribution in [3.8, 4) is 5.75 Å². The molecular weight excluding hydrogens is 632 g/mol. The first-order valence-corrected chi connectivity index (χ1v) is 15.5. The first-order chi connectivity index (χ1) is 22.4. The number of carboxylic acids is 2. The maximum absolute atomic E-state index is 13.2. The number of amides is 5. The van der Waals surface area contributed by atoms with Gasteiger partial charge >= 0.3 is 11.9 Å². The van der Waals surface area contributed by atoms with Crippen molar-refractivity contribution < 1.29 is 54.0 Å². The molecule has 268 valence electrons. The minimum atomic E-state index is -1.51. The topological polar surface area (TPSA) is 287 Å². The van der Waals surface area contributed by atoms with Crippen molar-refractivity contribution in [3.05, 3.63) is 29.8 Å². The van der Waals surface area contributed by atoms with E-state index in [0.29, 0.717) is 5.56 Å². The molecule has 0 saturated heterocycles. The van der Waals surface area contributed by atoms with Gasteiger partial charge in [0, 0.05) is 6.42 Å². The van der Waals surface area contributed by atoms with Gasteiger partial charge in [-0.3, -0.25) is 28.8 Å². The van der Waals surface area contributed by atoms with E-state index in [1.807, 2.05) is 0 Å². The van der Waals surface area contributed by atoms with Gasteiger partial charge in [-0.25, -0.2) is 4.79 Å². The number of phenolic OH excluding ortho intramolecular Hbond substituents is 1. The first-order valence-electron chi connectivity index (χ1n) is 15.5. The van der Waals surface area contributed by atoms with E-state index in [9.17, 15) is 54.0 Å². The predicted molar refractivity (Wildman–Crippen MR) is 171 cm³/mol. The summed E-state index contributed by atoms with van der Waals surface area (Å²) in [4.78, 5) is 86.9. The molecule has 0 saturated carbocycles. The van der Waals surface area contributed by atoms with E-state index >= 15 is 0 Å². The van der Waals surface area contributed by atoms with Crippen molar-refractivity contribution in [1.82, 2.24) is 26.6 Å². The molecule has 0 aliphatic carbocycles. The zero-order valence-electron chi connectivity index (χ0n) is 27.5. The number of aliphatic hydroxyl groups excluding tert-OH is 1. The van der Waals surface area contributed by atoms with Gasteiger partial charge in [0.1, 0.15) is 29.9 Å². The Morgan fingerprint density at radius 1 is 0.708 bits per heavy atom. The van der Waals surface area contributed by atoms with Crippen LogP contribution in [0, 0.1) is 11.8 Å². The SMILES string of the molecule is CC(C)C[C@H](NC(=O)[C@H](CO)NC(=O)CNC(=O)[C@H](CC(C)C)NC(=O)[C@H](CCC(=O)O)NC(=O)[C@@H](N)Cc1ccc(O)cc1)C(=O)O. The number of aromatic hydroxyl groups is 1. The average molecular weight is 681 g/mol. The van der Waals surface area contributed by atoms with E-state index < -0.39 is 91.3 Å². The number of aliphatic carboxylic acids is 2. The number of aliphatic hydroxyl groups is 1. The zero-order chi connectivity index (χ0) is 36.6. The number of nitrogens with one attached hydrogen (secondary N) is 5. The Morgan fingerprint density at radius 3 is 1.75 bits per heavy atom. The average Bonchev–Trinajstić information content (AvgIpc) is 3.00. The van der Waals surface area contributed by atoms with Gasteiger partial charge in [0.2, 0.25) is 29.5 Å². The minimum absolute atomic E-state index is 0.0211. The quantitative estimate of drug-likeness (QED) is 0.0699. The molecule has 17 nitrogen and oxygen atoms in total. The van der Waals surface area contributed by atoms with E-state index in [4.69, 9.17) is 5.73 Å². The fourth-order valence-corrected chi connectivity index (χ4v) is 4.46. The van der Waals surface area contributed by atoms with Crippen molar-refractivity contribution in [2.24, 2.45) is 17.6 Å². The Hall–Kier alpha value is -4.77. The van der Waals surface area contributed by atoms with Gasteiger partial charge in [0.15, 0.2) is 0 Å². The lowest BCUT2D eigenvalue weighted by Gasteiger charge is -2.25. The molecule has 0 bridgehead atoms. The van der Waals surface area contributed by atoms with Gasteiger partial charge in [-0.05, 0) is 55.2 Å². The molecule has 1 aromatic carbocycles. The predicted octanol–water partition coefficient (Wildman–Crippen LogP) is -1.65. The molecule has 0 heterocycles. The highest BCUT2D eigenvalue weighted by atomic mass is 16.4. The molecule has 5 atom stereocenters. The Balaban J connectivity index is 2.91. The number of benzene rings is 1. The Bertz CT molecular complexity index is 1270. The van der Waals surface area contributed by atoms with Crippen molar-refractivity contribution >= 4 is 41.5 Å². The second kappa shape index (κ2) is 20.5. The molecule has 17 heteroatoms. The molecule has 0 spiro atoms. The van der Waals surface area contributed by atoms with Crippen LogP contribution in [0.5, 0.6) is 5.75 Å². The molecule has 0 aliphatic rings. The molecule has 5 amide bonds. The molecule has 0 aliphatic heterocycles. The standard InChI is InChI=1S/C31H48N6O11/c1-16(2)11-22(28(44)33-14-25(40)34-24(15-38)30(46)37-23(31(47)48)12-17(3)4)36-29(45)21(9-10-26(41)42)35-27(43)20(32)13-18-5-7-19(39)8-6-18/h5-8,16-17,20-24,38-39H,9-15,32H2,1-4H3,(H,33,44)(H,34,40)(H,35,43)(H,36,45)(H,37,46)(H,41,42)(H,47,48)/t20-,21-,22-,23-,24-/m0/s1. The third kappa shape index (κ3) is 15.7. The normalized spacial score (nSPS) is 14.2. The summed E-state index contributed by atoms with van der Waals surface area (Å²) < 4.78 is 0. The van der Waals surface area contributed by atoms with Crippen LogP contribution in [0.2, 0.25) is 0 Å². The monoisotopic (exact) mass is 680 g/mol. The second-order valence-corrected chi connectivity index (χ2v) is 12.2. The first kappa shape index (κ1) is 41.3. The second-order valence-electron chi connectivity index (χ2n) is 12.2. The Labute approximate surface area is 278 Å². The van der Waals surface area contributed by atoms with Crippen LogP contribution in [0.25, 0.3) is 0 Å².